The SMILES string of the molecule is CC(C#N)S(=O)(=O)NC1(C#N)CCCCCCC1. The molecule has 1 rings (SSSR count). The maximum atomic E-state index is 11.9. The van der Waals surface area contributed by atoms with Crippen LogP contribution in [0.4, 0.5) is 0 Å². The number of hydrogen-bond acceptors (Lipinski definition) is 4. The van der Waals surface area contributed by atoms with E-state index in [1.165, 1.54) is 6.92 Å². The highest BCUT2D eigenvalue weighted by Gasteiger charge is 2.36. The average molecular weight is 269 g/mol. The van der Waals surface area contributed by atoms with Crippen molar-refractivity contribution in [2.75, 3.05) is 0 Å². The van der Waals surface area contributed by atoms with E-state index < -0.39 is 20.8 Å². The molecular weight excluding hydrogens is 250 g/mol. The second-order valence-electron chi connectivity index (χ2n) is 4.88. The fourth-order valence-corrected chi connectivity index (χ4v) is 3.29. The first-order valence-corrected chi connectivity index (χ1v) is 7.84. The lowest BCUT2D eigenvalue weighted by atomic mass is 9.86. The molecule has 1 unspecified atom stereocenters. The molecule has 1 N–H and O–H groups in total. The number of nitrogens with zero attached hydrogens (tertiary/aromatic N) is 2. The first kappa shape index (κ1) is 14.9. The highest BCUT2D eigenvalue weighted by molar-refractivity contribution is 7.90. The fourth-order valence-electron chi connectivity index (χ4n) is 2.18. The van der Waals surface area contributed by atoms with Crippen LogP contribution in [0.25, 0.3) is 0 Å². The van der Waals surface area contributed by atoms with Gasteiger partial charge in [0.15, 0.2) is 5.25 Å². The van der Waals surface area contributed by atoms with Crippen LogP contribution in [0, 0.1) is 22.7 Å². The van der Waals surface area contributed by atoms with Crippen molar-refractivity contribution in [3.63, 3.8) is 0 Å². The third-order valence-corrected chi connectivity index (χ3v) is 5.12. The molecule has 0 bridgehead atoms. The van der Waals surface area contributed by atoms with Gasteiger partial charge < -0.3 is 0 Å². The first-order valence-electron chi connectivity index (χ1n) is 6.29. The van der Waals surface area contributed by atoms with Crippen molar-refractivity contribution in [3.05, 3.63) is 0 Å². The molecule has 1 saturated carbocycles. The Morgan fingerprint density at radius 2 is 1.61 bits per heavy atom. The number of nitriles is 2. The van der Waals surface area contributed by atoms with Gasteiger partial charge in [-0.3, -0.25) is 0 Å². The Balaban J connectivity index is 2.88. The number of nitrogens with one attached hydrogen (secondary N) is 1. The Kier molecular flexibility index (Phi) is 5.13. The van der Waals surface area contributed by atoms with Crippen molar-refractivity contribution in [2.45, 2.75) is 62.7 Å². The molecule has 0 spiro atoms. The van der Waals surface area contributed by atoms with Crippen LogP contribution in [0.2, 0.25) is 0 Å². The minimum Gasteiger partial charge on any atom is -0.211 e. The summed E-state index contributed by atoms with van der Waals surface area (Å²) in [7, 11) is -3.74. The first-order chi connectivity index (χ1) is 8.46. The summed E-state index contributed by atoms with van der Waals surface area (Å²) < 4.78 is 26.3. The van der Waals surface area contributed by atoms with Crippen molar-refractivity contribution in [1.29, 1.82) is 10.5 Å². The highest BCUT2D eigenvalue weighted by Crippen LogP contribution is 2.27. The van der Waals surface area contributed by atoms with E-state index in [0.29, 0.717) is 12.8 Å². The lowest BCUT2D eigenvalue weighted by molar-refractivity contribution is 0.356. The summed E-state index contributed by atoms with van der Waals surface area (Å²) >= 11 is 0. The minimum absolute atomic E-state index is 0.529. The molecule has 0 saturated heterocycles. The Morgan fingerprint density at radius 3 is 2.06 bits per heavy atom. The van der Waals surface area contributed by atoms with Gasteiger partial charge in [-0.15, -0.1) is 0 Å². The molecule has 1 aliphatic carbocycles. The van der Waals surface area contributed by atoms with Crippen LogP contribution in [0.15, 0.2) is 0 Å². The minimum atomic E-state index is -3.74. The van der Waals surface area contributed by atoms with Gasteiger partial charge >= 0.3 is 0 Å². The number of hydrogen-bond donors (Lipinski definition) is 1. The standard InChI is InChI=1S/C12H19N3O2S/c1-11(9-13)18(16,17)15-12(10-14)7-5-3-2-4-6-8-12/h11,15H,2-8H2,1H3. The quantitative estimate of drug-likeness (QED) is 0.845. The maximum absolute atomic E-state index is 11.9. The smallest absolute Gasteiger partial charge is 0.211 e. The molecule has 100 valence electrons. The summed E-state index contributed by atoms with van der Waals surface area (Å²) in [4.78, 5) is 0. The predicted octanol–water partition coefficient (Wildman–Crippen LogP) is 1.82. The molecule has 0 aromatic rings. The molecule has 0 amide bonds. The maximum Gasteiger partial charge on any atom is 0.229 e. The van der Waals surface area contributed by atoms with Gasteiger partial charge in [0.2, 0.25) is 10.0 Å². The Labute approximate surface area is 109 Å². The van der Waals surface area contributed by atoms with E-state index in [2.05, 4.69) is 10.8 Å². The van der Waals surface area contributed by atoms with Gasteiger partial charge in [0.1, 0.15) is 5.54 Å². The topological polar surface area (TPSA) is 93.8 Å². The molecule has 0 aromatic carbocycles. The Hall–Kier alpha value is -1.11. The molecular formula is C12H19N3O2S. The van der Waals surface area contributed by atoms with Crippen LogP contribution in [0.5, 0.6) is 0 Å². The van der Waals surface area contributed by atoms with Crippen LogP contribution in [-0.4, -0.2) is 19.2 Å². The van der Waals surface area contributed by atoms with Gasteiger partial charge in [-0.1, -0.05) is 32.1 Å². The molecule has 0 aliphatic heterocycles. The van der Waals surface area contributed by atoms with Crippen molar-refractivity contribution in [2.24, 2.45) is 0 Å². The normalized spacial score (nSPS) is 21.9. The highest BCUT2D eigenvalue weighted by atomic mass is 32.2. The van der Waals surface area contributed by atoms with E-state index in [1.807, 2.05) is 0 Å². The lowest BCUT2D eigenvalue weighted by Gasteiger charge is -2.29. The van der Waals surface area contributed by atoms with Gasteiger partial charge in [0, 0.05) is 0 Å². The van der Waals surface area contributed by atoms with Crippen molar-refractivity contribution >= 4 is 10.0 Å². The van der Waals surface area contributed by atoms with Gasteiger partial charge in [-0.05, 0) is 19.8 Å². The van der Waals surface area contributed by atoms with E-state index in [1.54, 1.807) is 6.07 Å². The van der Waals surface area contributed by atoms with Crippen LogP contribution < -0.4 is 4.72 Å². The molecule has 1 aliphatic rings. The van der Waals surface area contributed by atoms with Crippen molar-refractivity contribution in [1.82, 2.24) is 4.72 Å². The second-order valence-corrected chi connectivity index (χ2v) is 6.88. The molecule has 0 radical (unpaired) electrons. The van der Waals surface area contributed by atoms with E-state index in [0.717, 1.165) is 32.1 Å². The Morgan fingerprint density at radius 1 is 1.11 bits per heavy atom. The average Bonchev–Trinajstić information content (AvgIpc) is 2.31. The second kappa shape index (κ2) is 6.17. The number of rotatable bonds is 3. The predicted molar refractivity (Wildman–Crippen MR) is 67.8 cm³/mol. The summed E-state index contributed by atoms with van der Waals surface area (Å²) in [5.41, 5.74) is -1.02. The summed E-state index contributed by atoms with van der Waals surface area (Å²) in [5, 5.41) is 16.9. The zero-order chi connectivity index (χ0) is 13.6. The zero-order valence-electron chi connectivity index (χ0n) is 10.6. The summed E-state index contributed by atoms with van der Waals surface area (Å²) in [5.74, 6) is 0. The third kappa shape index (κ3) is 3.69. The monoisotopic (exact) mass is 269 g/mol. The van der Waals surface area contributed by atoms with Crippen molar-refractivity contribution < 1.29 is 8.42 Å². The van der Waals surface area contributed by atoms with Crippen LogP contribution in [0.3, 0.4) is 0 Å². The van der Waals surface area contributed by atoms with E-state index in [9.17, 15) is 13.7 Å². The molecule has 6 heteroatoms. The molecule has 18 heavy (non-hydrogen) atoms. The summed E-state index contributed by atoms with van der Waals surface area (Å²) in [6.45, 7) is 1.33. The molecule has 1 atom stereocenters. The largest absolute Gasteiger partial charge is 0.229 e. The molecule has 0 aromatic heterocycles. The summed E-state index contributed by atoms with van der Waals surface area (Å²) in [6.07, 6.45) is 5.94. The molecule has 5 nitrogen and oxygen atoms in total. The van der Waals surface area contributed by atoms with Crippen molar-refractivity contribution in [3.8, 4) is 12.1 Å². The van der Waals surface area contributed by atoms with Crippen LogP contribution in [0.1, 0.15) is 51.9 Å². The van der Waals surface area contributed by atoms with Crippen LogP contribution >= 0.6 is 0 Å². The third-order valence-electron chi connectivity index (χ3n) is 3.41. The fraction of sp³-hybridized carbons (Fsp3) is 0.833. The van der Waals surface area contributed by atoms with E-state index in [-0.39, 0.29) is 0 Å². The zero-order valence-corrected chi connectivity index (χ0v) is 11.5. The Bertz CT molecular complexity index is 451. The molecule has 0 heterocycles. The van der Waals surface area contributed by atoms with Gasteiger partial charge in [0.25, 0.3) is 0 Å². The van der Waals surface area contributed by atoms with Gasteiger partial charge in [-0.25, -0.2) is 8.42 Å². The van der Waals surface area contributed by atoms with Gasteiger partial charge in [-0.2, -0.15) is 15.2 Å². The van der Waals surface area contributed by atoms with E-state index >= 15 is 0 Å². The lowest BCUT2D eigenvalue weighted by Crippen LogP contribution is -2.50. The molecule has 1 fully saturated rings. The van der Waals surface area contributed by atoms with Gasteiger partial charge in [0.05, 0.1) is 12.1 Å². The summed E-state index contributed by atoms with van der Waals surface area (Å²) in [6, 6.07) is 3.82. The van der Waals surface area contributed by atoms with Crippen LogP contribution in [-0.2, 0) is 10.0 Å². The number of sulfonamides is 1. The van der Waals surface area contributed by atoms with E-state index in [4.69, 9.17) is 5.26 Å².